The highest BCUT2D eigenvalue weighted by molar-refractivity contribution is 6.29. The number of hydrogen-bond donors (Lipinski definition) is 0. The first-order chi connectivity index (χ1) is 9.49. The molecule has 0 aliphatic carbocycles. The molecule has 0 atom stereocenters. The first-order valence-electron chi connectivity index (χ1n) is 6.55. The van der Waals surface area contributed by atoms with Gasteiger partial charge in [-0.3, -0.25) is 9.59 Å². The second kappa shape index (κ2) is 6.17. The van der Waals surface area contributed by atoms with E-state index in [4.69, 9.17) is 11.6 Å². The van der Waals surface area contributed by atoms with Crippen molar-refractivity contribution in [2.24, 2.45) is 0 Å². The number of amides is 2. The van der Waals surface area contributed by atoms with Gasteiger partial charge in [0.05, 0.1) is 13.1 Å². The maximum atomic E-state index is 12.0. The SMILES string of the molecule is CCCN1CC(=O)N(Cc2nc(C)cc(Cl)n2)CC1=O. The van der Waals surface area contributed by atoms with Gasteiger partial charge >= 0.3 is 0 Å². The van der Waals surface area contributed by atoms with Crippen molar-refractivity contribution in [3.05, 3.63) is 22.7 Å². The van der Waals surface area contributed by atoms with Gasteiger partial charge in [-0.25, -0.2) is 9.97 Å². The van der Waals surface area contributed by atoms with E-state index in [2.05, 4.69) is 9.97 Å². The molecule has 6 nitrogen and oxygen atoms in total. The molecule has 1 aromatic rings. The molecule has 0 spiro atoms. The number of carbonyl (C=O) groups is 2. The molecule has 7 heteroatoms. The number of halogens is 1. The van der Waals surface area contributed by atoms with Crippen LogP contribution in [0.4, 0.5) is 0 Å². The average Bonchev–Trinajstić information content (AvgIpc) is 2.34. The van der Waals surface area contributed by atoms with E-state index in [1.54, 1.807) is 11.0 Å². The van der Waals surface area contributed by atoms with E-state index in [9.17, 15) is 9.59 Å². The Morgan fingerprint density at radius 1 is 1.20 bits per heavy atom. The Labute approximate surface area is 122 Å². The molecule has 1 aromatic heterocycles. The minimum absolute atomic E-state index is 0.0369. The smallest absolute Gasteiger partial charge is 0.243 e. The Morgan fingerprint density at radius 3 is 2.50 bits per heavy atom. The van der Waals surface area contributed by atoms with Crippen LogP contribution in [0.5, 0.6) is 0 Å². The van der Waals surface area contributed by atoms with Gasteiger partial charge in [-0.15, -0.1) is 0 Å². The summed E-state index contributed by atoms with van der Waals surface area (Å²) in [5.74, 6) is 0.338. The van der Waals surface area contributed by atoms with Gasteiger partial charge in [0.2, 0.25) is 11.8 Å². The number of nitrogens with zero attached hydrogens (tertiary/aromatic N) is 4. The van der Waals surface area contributed by atoms with Crippen molar-refractivity contribution < 1.29 is 9.59 Å². The maximum Gasteiger partial charge on any atom is 0.243 e. The molecule has 2 rings (SSSR count). The summed E-state index contributed by atoms with van der Waals surface area (Å²) in [5, 5.41) is 0.343. The highest BCUT2D eigenvalue weighted by Gasteiger charge is 2.29. The molecular formula is C13H17ClN4O2. The highest BCUT2D eigenvalue weighted by atomic mass is 35.5. The Morgan fingerprint density at radius 2 is 1.85 bits per heavy atom. The molecule has 0 radical (unpaired) electrons. The van der Waals surface area contributed by atoms with Gasteiger partial charge in [0.1, 0.15) is 17.5 Å². The summed E-state index contributed by atoms with van der Waals surface area (Å²) in [6, 6.07) is 1.65. The van der Waals surface area contributed by atoms with Gasteiger partial charge < -0.3 is 9.80 Å². The van der Waals surface area contributed by atoms with Crippen LogP contribution in [0.3, 0.4) is 0 Å². The molecule has 108 valence electrons. The molecule has 0 unspecified atom stereocenters. The number of rotatable bonds is 4. The summed E-state index contributed by atoms with van der Waals surface area (Å²) < 4.78 is 0. The first-order valence-corrected chi connectivity index (χ1v) is 6.93. The fourth-order valence-corrected chi connectivity index (χ4v) is 2.41. The van der Waals surface area contributed by atoms with Crippen molar-refractivity contribution >= 4 is 23.4 Å². The van der Waals surface area contributed by atoms with Gasteiger partial charge in [-0.2, -0.15) is 0 Å². The van der Waals surface area contributed by atoms with E-state index in [0.29, 0.717) is 17.5 Å². The van der Waals surface area contributed by atoms with Crippen molar-refractivity contribution in [3.63, 3.8) is 0 Å². The Bertz CT molecular complexity index is 515. The standard InChI is InChI=1S/C13H17ClN4O2/c1-3-4-17-7-13(20)18(8-12(17)19)6-11-15-9(2)5-10(14)16-11/h5H,3-4,6-8H2,1-2H3. The number of aryl methyl sites for hydroxylation is 1. The minimum atomic E-state index is -0.0840. The van der Waals surface area contributed by atoms with Crippen LogP contribution in [-0.2, 0) is 16.1 Å². The lowest BCUT2D eigenvalue weighted by atomic mass is 10.2. The molecule has 1 aliphatic rings. The van der Waals surface area contributed by atoms with Gasteiger partial charge in [-0.1, -0.05) is 18.5 Å². The van der Waals surface area contributed by atoms with Crippen molar-refractivity contribution in [2.75, 3.05) is 19.6 Å². The third-order valence-electron chi connectivity index (χ3n) is 3.05. The average molecular weight is 297 g/mol. The zero-order chi connectivity index (χ0) is 14.7. The normalized spacial score (nSPS) is 15.9. The summed E-state index contributed by atoms with van der Waals surface area (Å²) in [7, 11) is 0. The van der Waals surface area contributed by atoms with Crippen LogP contribution in [0.1, 0.15) is 24.9 Å². The Balaban J connectivity index is 2.07. The topological polar surface area (TPSA) is 66.4 Å². The van der Waals surface area contributed by atoms with E-state index in [-0.39, 0.29) is 31.4 Å². The molecule has 0 N–H and O–H groups in total. The number of carbonyl (C=O) groups excluding carboxylic acids is 2. The molecule has 2 heterocycles. The van der Waals surface area contributed by atoms with Crippen LogP contribution in [0.15, 0.2) is 6.07 Å². The zero-order valence-electron chi connectivity index (χ0n) is 11.6. The lowest BCUT2D eigenvalue weighted by Crippen LogP contribution is -2.53. The summed E-state index contributed by atoms with van der Waals surface area (Å²) in [5.41, 5.74) is 0.739. The van der Waals surface area contributed by atoms with Crippen molar-refractivity contribution in [1.29, 1.82) is 0 Å². The monoisotopic (exact) mass is 296 g/mol. The van der Waals surface area contributed by atoms with Crippen LogP contribution >= 0.6 is 11.6 Å². The van der Waals surface area contributed by atoms with E-state index < -0.39 is 0 Å². The molecule has 20 heavy (non-hydrogen) atoms. The number of hydrogen-bond acceptors (Lipinski definition) is 4. The van der Waals surface area contributed by atoms with E-state index in [1.165, 1.54) is 4.90 Å². The lowest BCUT2D eigenvalue weighted by molar-refractivity contribution is -0.150. The quantitative estimate of drug-likeness (QED) is 0.778. The van der Waals surface area contributed by atoms with E-state index in [0.717, 1.165) is 12.1 Å². The molecule has 2 amide bonds. The predicted molar refractivity (Wildman–Crippen MR) is 74.1 cm³/mol. The molecule has 0 aromatic carbocycles. The number of piperazine rings is 1. The highest BCUT2D eigenvalue weighted by Crippen LogP contribution is 2.11. The van der Waals surface area contributed by atoms with Crippen LogP contribution < -0.4 is 0 Å². The molecular weight excluding hydrogens is 280 g/mol. The number of aromatic nitrogens is 2. The van der Waals surface area contributed by atoms with Gasteiger partial charge in [0, 0.05) is 12.2 Å². The summed E-state index contributed by atoms with van der Waals surface area (Å²) in [6.07, 6.45) is 0.843. The predicted octanol–water partition coefficient (Wildman–Crippen LogP) is 1.02. The summed E-state index contributed by atoms with van der Waals surface area (Å²) in [4.78, 5) is 35.3. The fourth-order valence-electron chi connectivity index (χ4n) is 2.15. The summed E-state index contributed by atoms with van der Waals surface area (Å²) >= 11 is 5.87. The second-order valence-electron chi connectivity index (χ2n) is 4.81. The van der Waals surface area contributed by atoms with Crippen LogP contribution in [0, 0.1) is 6.92 Å². The third kappa shape index (κ3) is 3.45. The molecule has 1 aliphatic heterocycles. The van der Waals surface area contributed by atoms with E-state index in [1.807, 2.05) is 13.8 Å². The second-order valence-corrected chi connectivity index (χ2v) is 5.20. The Hall–Kier alpha value is -1.69. The van der Waals surface area contributed by atoms with Gasteiger partial charge in [0.25, 0.3) is 0 Å². The minimum Gasteiger partial charge on any atom is -0.332 e. The molecule has 1 fully saturated rings. The fraction of sp³-hybridized carbons (Fsp3) is 0.538. The first kappa shape index (κ1) is 14.7. The van der Waals surface area contributed by atoms with Gasteiger partial charge in [-0.05, 0) is 19.4 Å². The van der Waals surface area contributed by atoms with E-state index >= 15 is 0 Å². The van der Waals surface area contributed by atoms with Gasteiger partial charge in [0.15, 0.2) is 0 Å². The van der Waals surface area contributed by atoms with Crippen LogP contribution in [-0.4, -0.2) is 51.2 Å². The zero-order valence-corrected chi connectivity index (χ0v) is 12.4. The largest absolute Gasteiger partial charge is 0.332 e. The molecule has 0 bridgehead atoms. The van der Waals surface area contributed by atoms with Crippen molar-refractivity contribution in [1.82, 2.24) is 19.8 Å². The molecule has 1 saturated heterocycles. The Kier molecular flexibility index (Phi) is 4.54. The molecule has 0 saturated carbocycles. The van der Waals surface area contributed by atoms with Crippen molar-refractivity contribution in [3.8, 4) is 0 Å². The summed E-state index contributed by atoms with van der Waals surface area (Å²) in [6.45, 7) is 4.83. The van der Waals surface area contributed by atoms with Crippen LogP contribution in [0.2, 0.25) is 5.15 Å². The van der Waals surface area contributed by atoms with Crippen LogP contribution in [0.25, 0.3) is 0 Å². The lowest BCUT2D eigenvalue weighted by Gasteiger charge is -2.33. The maximum absolute atomic E-state index is 12.0. The van der Waals surface area contributed by atoms with Crippen molar-refractivity contribution in [2.45, 2.75) is 26.8 Å². The third-order valence-corrected chi connectivity index (χ3v) is 3.25.